The van der Waals surface area contributed by atoms with Gasteiger partial charge in [0.25, 0.3) is 0 Å². The van der Waals surface area contributed by atoms with Gasteiger partial charge in [0.1, 0.15) is 24.7 Å². The SMILES string of the molecule is C=C1Cc2ccccc2CN(C(=O)CCC(=O)N[C@H](C(=O)N[C@@H](CCCNC(N)=O)C(=O)Nc2ccc(COC(=O)Nc3cccc(C(C)(C)C(NC)C(=O)N[C@H](C(=O)N(C)[C@H](/C=C(\C)C(=O)OCC)C(C)C)C(C)(C)C)c3)cc2)C(C)C)c2ccccc21. The maximum atomic E-state index is 14.3. The third kappa shape index (κ3) is 20.1. The third-order valence-electron chi connectivity index (χ3n) is 15.8. The number of primary amides is 1. The van der Waals surface area contributed by atoms with E-state index >= 15 is 0 Å². The van der Waals surface area contributed by atoms with Crippen molar-refractivity contribution in [2.24, 2.45) is 23.0 Å². The number of nitrogens with two attached hydrogens (primary N) is 1. The number of benzene rings is 4. The fourth-order valence-corrected chi connectivity index (χ4v) is 10.6. The van der Waals surface area contributed by atoms with Crippen LogP contribution in [0.5, 0.6) is 0 Å². The van der Waals surface area contributed by atoms with E-state index in [0.29, 0.717) is 46.7 Å². The van der Waals surface area contributed by atoms with Gasteiger partial charge in [-0.1, -0.05) is 142 Å². The van der Waals surface area contributed by atoms with Gasteiger partial charge < -0.3 is 56.9 Å². The number of likely N-dealkylation sites (N-methyl/N-ethyl adjacent to an activating group) is 2. The largest absolute Gasteiger partial charge is 0.463 e. The van der Waals surface area contributed by atoms with E-state index in [4.69, 9.17) is 15.2 Å². The number of allylic oxidation sites excluding steroid dienone is 1. The summed E-state index contributed by atoms with van der Waals surface area (Å²) >= 11 is 0. The summed E-state index contributed by atoms with van der Waals surface area (Å²) in [5.74, 6) is -3.71. The Hall–Kier alpha value is -8.85. The maximum absolute atomic E-state index is 14.3. The molecule has 480 valence electrons. The van der Waals surface area contributed by atoms with Crippen molar-refractivity contribution < 1.29 is 52.6 Å². The standard InChI is InChI=1S/C68H92N10O11/c1-15-88-64(85)44(7)37-54(41(2)3)77(14)63(84)59(67(8,9)10)76-62(83)58(70-13)68(11,12)48-24-20-25-50(38-48)73-66(87)89-40-45-29-31-49(32-30-45)72-60(81)52(27-21-35-71-65(69)86)74-61(82)57(42(4)5)75-55(79)33-34-56(80)78-39-47-23-17-16-22-46(47)36-43(6)51-26-18-19-28-53(51)78/h16-20,22-26,28-32,37-38,41-42,52,54,57-59,70H,6,15,21,27,33-36,39-40H2,1-5,7-14H3,(H,72,81)(H,73,87)(H,74,82)(H,75,79)(H,76,83)(H3,69,71,86)/b44-37+/t52-,54+,57-,58?,59+/m0/s1. The van der Waals surface area contributed by atoms with Gasteiger partial charge in [-0.2, -0.15) is 0 Å². The van der Waals surface area contributed by atoms with Crippen LogP contribution in [0.1, 0.15) is 130 Å². The van der Waals surface area contributed by atoms with Crippen molar-refractivity contribution in [1.29, 1.82) is 0 Å². The van der Waals surface area contributed by atoms with Gasteiger partial charge in [0.2, 0.25) is 35.4 Å². The number of anilines is 3. The lowest BCUT2D eigenvalue weighted by molar-refractivity contribution is -0.141. The molecule has 0 aromatic heterocycles. The van der Waals surface area contributed by atoms with Crippen molar-refractivity contribution in [2.45, 2.75) is 157 Å². The highest BCUT2D eigenvalue weighted by atomic mass is 16.5. The summed E-state index contributed by atoms with van der Waals surface area (Å²) in [7, 11) is 3.32. The Kier molecular flexibility index (Phi) is 25.8. The highest BCUT2D eigenvalue weighted by molar-refractivity contribution is 6.00. The van der Waals surface area contributed by atoms with E-state index in [1.165, 1.54) is 0 Å². The minimum absolute atomic E-state index is 0.0706. The summed E-state index contributed by atoms with van der Waals surface area (Å²) in [4.78, 5) is 125. The van der Waals surface area contributed by atoms with Gasteiger partial charge in [-0.25, -0.2) is 14.4 Å². The molecular weight excluding hydrogens is 1130 g/mol. The topological polar surface area (TPSA) is 289 Å². The van der Waals surface area contributed by atoms with E-state index in [0.717, 1.165) is 22.3 Å². The molecule has 0 bridgehead atoms. The van der Waals surface area contributed by atoms with E-state index in [1.807, 2.05) is 103 Å². The number of hydrogen-bond donors (Lipinski definition) is 8. The quantitative estimate of drug-likeness (QED) is 0.0159. The second kappa shape index (κ2) is 32.4. The summed E-state index contributed by atoms with van der Waals surface area (Å²) in [6.07, 6.45) is 1.60. The molecule has 1 aliphatic rings. The van der Waals surface area contributed by atoms with Gasteiger partial charge in [0.15, 0.2) is 0 Å². The minimum atomic E-state index is -1.12. The van der Waals surface area contributed by atoms with Crippen LogP contribution in [0.15, 0.2) is 115 Å². The molecule has 9 amide bonds. The Labute approximate surface area is 524 Å². The molecule has 0 radical (unpaired) electrons. The number of para-hydroxylation sites is 1. The van der Waals surface area contributed by atoms with Crippen LogP contribution < -0.4 is 47.9 Å². The Morgan fingerprint density at radius 3 is 2.03 bits per heavy atom. The average molecular weight is 1230 g/mol. The highest BCUT2D eigenvalue weighted by Gasteiger charge is 2.42. The first-order chi connectivity index (χ1) is 42.0. The second-order valence-electron chi connectivity index (χ2n) is 24.8. The Bertz CT molecular complexity index is 3220. The molecular formula is C68H92N10O11. The molecule has 0 saturated carbocycles. The lowest BCUT2D eigenvalue weighted by Gasteiger charge is -2.40. The molecule has 4 aromatic rings. The number of urea groups is 1. The molecule has 0 fully saturated rings. The van der Waals surface area contributed by atoms with Crippen LogP contribution >= 0.6 is 0 Å². The zero-order chi connectivity index (χ0) is 65.9. The number of hydrogen-bond acceptors (Lipinski definition) is 12. The molecule has 21 nitrogen and oxygen atoms in total. The smallest absolute Gasteiger partial charge is 0.411 e. The maximum Gasteiger partial charge on any atom is 0.411 e. The monoisotopic (exact) mass is 1220 g/mol. The van der Waals surface area contributed by atoms with Crippen molar-refractivity contribution in [3.05, 3.63) is 143 Å². The van der Waals surface area contributed by atoms with E-state index in [2.05, 4.69) is 43.8 Å². The fraction of sp³-hybridized carbons (Fsp3) is 0.456. The van der Waals surface area contributed by atoms with Crippen molar-refractivity contribution in [3.8, 4) is 0 Å². The summed E-state index contributed by atoms with van der Waals surface area (Å²) in [6.45, 7) is 24.9. The van der Waals surface area contributed by atoms with Crippen LogP contribution in [0.3, 0.4) is 0 Å². The number of carbonyl (C=O) groups excluding carboxylic acids is 9. The molecule has 0 saturated heterocycles. The van der Waals surface area contributed by atoms with Crippen LogP contribution in [0.2, 0.25) is 0 Å². The predicted octanol–water partition coefficient (Wildman–Crippen LogP) is 8.42. The van der Waals surface area contributed by atoms with E-state index in [9.17, 15) is 43.2 Å². The molecule has 21 heteroatoms. The van der Waals surface area contributed by atoms with Crippen LogP contribution in [0, 0.1) is 17.3 Å². The van der Waals surface area contributed by atoms with Gasteiger partial charge in [0.05, 0.1) is 30.9 Å². The summed E-state index contributed by atoms with van der Waals surface area (Å²) in [5.41, 5.74) is 10.5. The molecule has 0 spiro atoms. The first kappa shape index (κ1) is 70.9. The molecule has 4 aromatic carbocycles. The average Bonchev–Trinajstić information content (AvgIpc) is 2.50. The van der Waals surface area contributed by atoms with Gasteiger partial charge >= 0.3 is 18.1 Å². The first-order valence-corrected chi connectivity index (χ1v) is 30.3. The summed E-state index contributed by atoms with van der Waals surface area (Å²) in [6, 6.07) is 23.7. The summed E-state index contributed by atoms with van der Waals surface area (Å²) < 4.78 is 10.8. The van der Waals surface area contributed by atoms with Crippen molar-refractivity contribution in [3.63, 3.8) is 0 Å². The lowest BCUT2D eigenvalue weighted by Crippen LogP contribution is -2.61. The zero-order valence-electron chi connectivity index (χ0n) is 53.9. The zero-order valence-corrected chi connectivity index (χ0v) is 53.9. The fourth-order valence-electron chi connectivity index (χ4n) is 10.6. The van der Waals surface area contributed by atoms with E-state index in [-0.39, 0.29) is 63.2 Å². The van der Waals surface area contributed by atoms with Crippen LogP contribution in [0.4, 0.5) is 26.7 Å². The lowest BCUT2D eigenvalue weighted by atomic mass is 9.76. The third-order valence-corrected chi connectivity index (χ3v) is 15.8. The van der Waals surface area contributed by atoms with E-state index < -0.39 is 88.7 Å². The van der Waals surface area contributed by atoms with Crippen LogP contribution in [-0.2, 0) is 68.0 Å². The molecule has 1 heterocycles. The molecule has 1 unspecified atom stereocenters. The van der Waals surface area contributed by atoms with Gasteiger partial charge in [-0.05, 0) is 116 Å². The van der Waals surface area contributed by atoms with Crippen LogP contribution in [-0.4, -0.2) is 116 Å². The number of carbonyl (C=O) groups is 9. The Balaban J connectivity index is 1.18. The van der Waals surface area contributed by atoms with Crippen molar-refractivity contribution in [2.75, 3.05) is 42.8 Å². The van der Waals surface area contributed by atoms with Crippen LogP contribution in [0.25, 0.3) is 5.57 Å². The Morgan fingerprint density at radius 2 is 1.40 bits per heavy atom. The van der Waals surface area contributed by atoms with Crippen molar-refractivity contribution in [1.82, 2.24) is 31.5 Å². The molecule has 1 aliphatic heterocycles. The first-order valence-electron chi connectivity index (χ1n) is 30.3. The number of nitrogens with zero attached hydrogens (tertiary/aromatic N) is 2. The van der Waals surface area contributed by atoms with Gasteiger partial charge in [0, 0.05) is 54.4 Å². The molecule has 9 N–H and O–H groups in total. The number of nitrogens with one attached hydrogen (secondary N) is 7. The minimum Gasteiger partial charge on any atom is -0.463 e. The number of esters is 1. The Morgan fingerprint density at radius 1 is 0.742 bits per heavy atom. The number of fused-ring (bicyclic) bond motifs is 2. The summed E-state index contributed by atoms with van der Waals surface area (Å²) in [5, 5.41) is 19.8. The van der Waals surface area contributed by atoms with E-state index in [1.54, 1.807) is 100 Å². The predicted molar refractivity (Wildman–Crippen MR) is 346 cm³/mol. The number of rotatable bonds is 27. The second-order valence-corrected chi connectivity index (χ2v) is 24.8. The number of amides is 9. The van der Waals surface area contributed by atoms with Gasteiger partial charge in [-0.3, -0.25) is 34.1 Å². The highest BCUT2D eigenvalue weighted by Crippen LogP contribution is 2.35. The molecule has 89 heavy (non-hydrogen) atoms. The molecule has 5 rings (SSSR count). The van der Waals surface area contributed by atoms with Crippen molar-refractivity contribution >= 4 is 76.2 Å². The van der Waals surface area contributed by atoms with Gasteiger partial charge in [-0.15, -0.1) is 0 Å². The normalized spacial score (nSPS) is 14.2. The molecule has 0 aliphatic carbocycles. The number of ether oxygens (including phenoxy) is 2. The molecule has 5 atom stereocenters.